The lowest BCUT2D eigenvalue weighted by atomic mass is 10.1. The van der Waals surface area contributed by atoms with E-state index in [-0.39, 0.29) is 29.5 Å². The molecule has 20 heavy (non-hydrogen) atoms. The summed E-state index contributed by atoms with van der Waals surface area (Å²) in [5, 5.41) is 3.12. The molecule has 1 heterocycles. The van der Waals surface area contributed by atoms with Crippen molar-refractivity contribution < 1.29 is 4.79 Å². The molecule has 3 N–H and O–H groups in total. The molecule has 0 aromatic rings. The van der Waals surface area contributed by atoms with E-state index in [1.807, 2.05) is 25.7 Å². The standard InChI is InChI=1S/C14H28N4O.HI/c1-14(2,3)17-13(15)16-9-7-11-18-10-6-4-5-8-12(18)19;/h4-11H2,1-3H3,(H3,15,16,17);1H. The summed E-state index contributed by atoms with van der Waals surface area (Å²) in [4.78, 5) is 18.0. The van der Waals surface area contributed by atoms with Gasteiger partial charge in [0.05, 0.1) is 0 Å². The smallest absolute Gasteiger partial charge is 0.222 e. The first-order chi connectivity index (χ1) is 8.88. The van der Waals surface area contributed by atoms with Crippen LogP contribution in [-0.2, 0) is 4.79 Å². The maximum atomic E-state index is 11.8. The lowest BCUT2D eigenvalue weighted by molar-refractivity contribution is -0.130. The first-order valence-corrected chi connectivity index (χ1v) is 7.24. The topological polar surface area (TPSA) is 70.7 Å². The molecular formula is C14H29IN4O. The number of halogens is 1. The Morgan fingerprint density at radius 2 is 2.05 bits per heavy atom. The lowest BCUT2D eigenvalue weighted by Crippen LogP contribution is -2.45. The maximum Gasteiger partial charge on any atom is 0.222 e. The van der Waals surface area contributed by atoms with Crippen LogP contribution in [0.15, 0.2) is 4.99 Å². The van der Waals surface area contributed by atoms with Gasteiger partial charge in [-0.2, -0.15) is 0 Å². The number of rotatable bonds is 4. The van der Waals surface area contributed by atoms with Gasteiger partial charge in [0.1, 0.15) is 0 Å². The van der Waals surface area contributed by atoms with Crippen LogP contribution in [0.4, 0.5) is 0 Å². The molecule has 118 valence electrons. The Morgan fingerprint density at radius 1 is 1.35 bits per heavy atom. The molecule has 0 atom stereocenters. The van der Waals surface area contributed by atoms with Crippen LogP contribution in [0.3, 0.4) is 0 Å². The number of carbonyl (C=O) groups is 1. The number of hydrogen-bond donors (Lipinski definition) is 2. The van der Waals surface area contributed by atoms with Crippen molar-refractivity contribution in [1.82, 2.24) is 10.2 Å². The summed E-state index contributed by atoms with van der Waals surface area (Å²) >= 11 is 0. The molecule has 1 aliphatic heterocycles. The van der Waals surface area contributed by atoms with Crippen molar-refractivity contribution in [2.45, 2.75) is 58.4 Å². The molecule has 0 spiro atoms. The van der Waals surface area contributed by atoms with E-state index in [1.54, 1.807) is 0 Å². The average molecular weight is 396 g/mol. The highest BCUT2D eigenvalue weighted by Crippen LogP contribution is 2.11. The minimum atomic E-state index is -0.0612. The van der Waals surface area contributed by atoms with Gasteiger partial charge in [0.25, 0.3) is 0 Å². The SMILES string of the molecule is CC(C)(C)NC(N)=NCCCN1CCCCCC1=O.I. The van der Waals surface area contributed by atoms with Gasteiger partial charge >= 0.3 is 0 Å². The van der Waals surface area contributed by atoms with Gasteiger partial charge in [-0.05, 0) is 40.0 Å². The Morgan fingerprint density at radius 3 is 2.70 bits per heavy atom. The largest absolute Gasteiger partial charge is 0.370 e. The van der Waals surface area contributed by atoms with Crippen molar-refractivity contribution in [3.05, 3.63) is 0 Å². The summed E-state index contributed by atoms with van der Waals surface area (Å²) in [6.07, 6.45) is 4.91. The Labute approximate surface area is 139 Å². The van der Waals surface area contributed by atoms with E-state index in [1.165, 1.54) is 6.42 Å². The summed E-state index contributed by atoms with van der Waals surface area (Å²) in [5.74, 6) is 0.775. The van der Waals surface area contributed by atoms with Crippen molar-refractivity contribution >= 4 is 35.8 Å². The number of likely N-dealkylation sites (tertiary alicyclic amines) is 1. The Balaban J connectivity index is 0.00000361. The predicted molar refractivity (Wildman–Crippen MR) is 94.5 cm³/mol. The second kappa shape index (κ2) is 9.41. The van der Waals surface area contributed by atoms with Crippen LogP contribution >= 0.6 is 24.0 Å². The number of carbonyl (C=O) groups excluding carboxylic acids is 1. The van der Waals surface area contributed by atoms with E-state index in [4.69, 9.17) is 5.73 Å². The fourth-order valence-electron chi connectivity index (χ4n) is 2.16. The van der Waals surface area contributed by atoms with Gasteiger partial charge in [-0.15, -0.1) is 24.0 Å². The molecule has 1 saturated heterocycles. The molecule has 0 aromatic heterocycles. The number of nitrogens with one attached hydrogen (secondary N) is 1. The van der Waals surface area contributed by atoms with Gasteiger partial charge in [-0.25, -0.2) is 0 Å². The first kappa shape index (κ1) is 19.5. The number of aliphatic imine (C=N–C) groups is 1. The van der Waals surface area contributed by atoms with Crippen LogP contribution in [0.2, 0.25) is 0 Å². The quantitative estimate of drug-likeness (QED) is 0.331. The maximum absolute atomic E-state index is 11.8. The molecule has 0 aromatic carbocycles. The molecule has 6 heteroatoms. The first-order valence-electron chi connectivity index (χ1n) is 7.24. The minimum absolute atomic E-state index is 0. The zero-order valence-corrected chi connectivity index (χ0v) is 15.3. The van der Waals surface area contributed by atoms with Gasteiger partial charge in [-0.3, -0.25) is 9.79 Å². The van der Waals surface area contributed by atoms with E-state index in [9.17, 15) is 4.79 Å². The molecule has 5 nitrogen and oxygen atoms in total. The van der Waals surface area contributed by atoms with Crippen LogP contribution in [-0.4, -0.2) is 41.9 Å². The second-order valence-electron chi connectivity index (χ2n) is 6.19. The summed E-state index contributed by atoms with van der Waals surface area (Å²) < 4.78 is 0. The van der Waals surface area contributed by atoms with E-state index in [0.29, 0.717) is 24.8 Å². The summed E-state index contributed by atoms with van der Waals surface area (Å²) in [6.45, 7) is 8.50. The zero-order chi connectivity index (χ0) is 14.3. The Bertz CT molecular complexity index is 326. The van der Waals surface area contributed by atoms with Crippen molar-refractivity contribution in [3.8, 4) is 0 Å². The number of amides is 1. The minimum Gasteiger partial charge on any atom is -0.370 e. The third-order valence-corrected chi connectivity index (χ3v) is 3.04. The van der Waals surface area contributed by atoms with Crippen LogP contribution < -0.4 is 11.1 Å². The molecule has 0 aliphatic carbocycles. The van der Waals surface area contributed by atoms with Gasteiger partial charge in [0, 0.05) is 31.6 Å². The highest BCUT2D eigenvalue weighted by atomic mass is 127. The van der Waals surface area contributed by atoms with Crippen LogP contribution in [0, 0.1) is 0 Å². The highest BCUT2D eigenvalue weighted by molar-refractivity contribution is 14.0. The van der Waals surface area contributed by atoms with E-state index < -0.39 is 0 Å². The monoisotopic (exact) mass is 396 g/mol. The summed E-state index contributed by atoms with van der Waals surface area (Å²) in [7, 11) is 0. The van der Waals surface area contributed by atoms with Gasteiger partial charge in [-0.1, -0.05) is 6.42 Å². The normalized spacial score (nSPS) is 17.4. The fraction of sp³-hybridized carbons (Fsp3) is 0.857. The third-order valence-electron chi connectivity index (χ3n) is 3.04. The third kappa shape index (κ3) is 8.60. The second-order valence-corrected chi connectivity index (χ2v) is 6.19. The van der Waals surface area contributed by atoms with Crippen molar-refractivity contribution in [2.75, 3.05) is 19.6 Å². The Kier molecular flexibility index (Phi) is 9.16. The number of guanidine groups is 1. The average Bonchev–Trinajstić information content (AvgIpc) is 2.47. The van der Waals surface area contributed by atoms with Crippen LogP contribution in [0.5, 0.6) is 0 Å². The lowest BCUT2D eigenvalue weighted by Gasteiger charge is -2.21. The molecule has 1 fully saturated rings. The van der Waals surface area contributed by atoms with E-state index in [2.05, 4.69) is 10.3 Å². The molecule has 0 bridgehead atoms. The van der Waals surface area contributed by atoms with Crippen LogP contribution in [0.25, 0.3) is 0 Å². The van der Waals surface area contributed by atoms with Gasteiger partial charge < -0.3 is 16.0 Å². The van der Waals surface area contributed by atoms with Crippen molar-refractivity contribution in [3.63, 3.8) is 0 Å². The number of nitrogens with two attached hydrogens (primary N) is 1. The van der Waals surface area contributed by atoms with E-state index in [0.717, 1.165) is 32.4 Å². The summed E-state index contributed by atoms with van der Waals surface area (Å²) in [5.41, 5.74) is 5.73. The molecular weight excluding hydrogens is 367 g/mol. The Hall–Kier alpha value is -0.530. The van der Waals surface area contributed by atoms with Crippen LogP contribution in [0.1, 0.15) is 52.9 Å². The van der Waals surface area contributed by atoms with E-state index >= 15 is 0 Å². The summed E-state index contributed by atoms with van der Waals surface area (Å²) in [6, 6.07) is 0. The molecule has 0 unspecified atom stereocenters. The molecule has 1 aliphatic rings. The zero-order valence-electron chi connectivity index (χ0n) is 12.9. The molecule has 0 saturated carbocycles. The van der Waals surface area contributed by atoms with Gasteiger partial charge in [0.15, 0.2) is 5.96 Å². The van der Waals surface area contributed by atoms with Crippen molar-refractivity contribution in [2.24, 2.45) is 10.7 Å². The van der Waals surface area contributed by atoms with Crippen molar-refractivity contribution in [1.29, 1.82) is 0 Å². The fourth-order valence-corrected chi connectivity index (χ4v) is 2.16. The molecule has 1 amide bonds. The number of nitrogens with zero attached hydrogens (tertiary/aromatic N) is 2. The predicted octanol–water partition coefficient (Wildman–Crippen LogP) is 2.10. The molecule has 1 rings (SSSR count). The number of hydrogen-bond acceptors (Lipinski definition) is 2. The molecule has 0 radical (unpaired) electrons. The highest BCUT2D eigenvalue weighted by Gasteiger charge is 2.15. The van der Waals surface area contributed by atoms with Gasteiger partial charge in [0.2, 0.25) is 5.91 Å².